The lowest BCUT2D eigenvalue weighted by molar-refractivity contribution is 0.0498. The molecule has 0 amide bonds. The molecule has 2 unspecified atom stereocenters. The molecule has 4 N–H and O–H groups in total. The summed E-state index contributed by atoms with van der Waals surface area (Å²) in [6, 6.07) is 3.21. The van der Waals surface area contributed by atoms with Crippen LogP contribution in [0.25, 0.3) is 0 Å². The van der Waals surface area contributed by atoms with Gasteiger partial charge in [-0.1, -0.05) is 6.92 Å². The molecule has 1 fully saturated rings. The summed E-state index contributed by atoms with van der Waals surface area (Å²) < 4.78 is 28.9. The molecular formula is C14H23N3O3S. The third kappa shape index (κ3) is 3.30. The van der Waals surface area contributed by atoms with Gasteiger partial charge in [0.15, 0.2) is 0 Å². The highest BCUT2D eigenvalue weighted by Gasteiger charge is 2.28. The number of hydrogen-bond donors (Lipinski definition) is 2. The molecule has 0 aromatic heterocycles. The second-order valence-electron chi connectivity index (χ2n) is 5.69. The second kappa shape index (κ2) is 5.82. The average Bonchev–Trinajstić information content (AvgIpc) is 2.40. The predicted molar refractivity (Wildman–Crippen MR) is 83.8 cm³/mol. The Labute approximate surface area is 126 Å². The van der Waals surface area contributed by atoms with Crippen molar-refractivity contribution in [3.05, 3.63) is 17.7 Å². The van der Waals surface area contributed by atoms with Crippen molar-refractivity contribution in [1.29, 1.82) is 0 Å². The molecule has 0 bridgehead atoms. The molecule has 1 aromatic rings. The first kappa shape index (κ1) is 16.1. The van der Waals surface area contributed by atoms with Crippen LogP contribution in [0.1, 0.15) is 18.9 Å². The van der Waals surface area contributed by atoms with E-state index in [2.05, 4.69) is 11.8 Å². The van der Waals surface area contributed by atoms with E-state index in [1.165, 1.54) is 6.07 Å². The van der Waals surface area contributed by atoms with E-state index in [-0.39, 0.29) is 11.0 Å². The number of nitrogens with zero attached hydrogens (tertiary/aromatic N) is 1. The van der Waals surface area contributed by atoms with E-state index in [1.807, 2.05) is 0 Å². The van der Waals surface area contributed by atoms with Crippen LogP contribution in [0.5, 0.6) is 0 Å². The Morgan fingerprint density at radius 2 is 2.05 bits per heavy atom. The molecule has 7 heteroatoms. The topological polar surface area (TPSA) is 98.7 Å². The van der Waals surface area contributed by atoms with Crippen molar-refractivity contribution in [2.75, 3.05) is 30.8 Å². The molecule has 1 heterocycles. The summed E-state index contributed by atoms with van der Waals surface area (Å²) >= 11 is 0. The maximum absolute atomic E-state index is 11.7. The quantitative estimate of drug-likeness (QED) is 0.814. The molecule has 1 saturated heterocycles. The zero-order chi connectivity index (χ0) is 15.8. The van der Waals surface area contributed by atoms with Crippen molar-refractivity contribution in [1.82, 2.24) is 0 Å². The molecule has 0 saturated carbocycles. The van der Waals surface area contributed by atoms with Crippen LogP contribution >= 0.6 is 0 Å². The number of rotatable bonds is 3. The van der Waals surface area contributed by atoms with E-state index in [9.17, 15) is 8.42 Å². The van der Waals surface area contributed by atoms with Crippen molar-refractivity contribution in [3.63, 3.8) is 0 Å². The number of methoxy groups -OCH3 is 1. The highest BCUT2D eigenvalue weighted by Crippen LogP contribution is 2.32. The van der Waals surface area contributed by atoms with E-state index in [4.69, 9.17) is 15.6 Å². The van der Waals surface area contributed by atoms with Gasteiger partial charge in [-0.25, -0.2) is 13.6 Å². The number of primary sulfonamides is 1. The van der Waals surface area contributed by atoms with Gasteiger partial charge in [-0.15, -0.1) is 0 Å². The lowest BCUT2D eigenvalue weighted by atomic mass is 9.95. The zero-order valence-corrected chi connectivity index (χ0v) is 13.5. The Balaban J connectivity index is 2.43. The minimum absolute atomic E-state index is 0.0880. The first-order valence-electron chi connectivity index (χ1n) is 6.94. The van der Waals surface area contributed by atoms with Crippen LogP contribution in [0.4, 0.5) is 11.4 Å². The Bertz CT molecular complexity index is 631. The Kier molecular flexibility index (Phi) is 4.46. The van der Waals surface area contributed by atoms with Gasteiger partial charge in [0.05, 0.1) is 11.0 Å². The molecule has 1 aliphatic heterocycles. The minimum atomic E-state index is -3.78. The lowest BCUT2D eigenvalue weighted by Crippen LogP contribution is -2.44. The Morgan fingerprint density at radius 1 is 1.38 bits per heavy atom. The summed E-state index contributed by atoms with van der Waals surface area (Å²) in [5, 5.41) is 5.27. The van der Waals surface area contributed by atoms with E-state index in [1.54, 1.807) is 20.1 Å². The van der Waals surface area contributed by atoms with Crippen LogP contribution in [-0.4, -0.2) is 34.7 Å². The van der Waals surface area contributed by atoms with Gasteiger partial charge in [0, 0.05) is 31.6 Å². The largest absolute Gasteiger partial charge is 0.399 e. The van der Waals surface area contributed by atoms with E-state index < -0.39 is 10.0 Å². The first-order valence-corrected chi connectivity index (χ1v) is 8.49. The summed E-state index contributed by atoms with van der Waals surface area (Å²) in [5.41, 5.74) is 7.69. The van der Waals surface area contributed by atoms with E-state index in [0.717, 1.165) is 18.7 Å². The fraction of sp³-hybridized carbons (Fsp3) is 0.571. The Morgan fingerprint density at radius 3 is 2.62 bits per heavy atom. The molecule has 2 atom stereocenters. The summed E-state index contributed by atoms with van der Waals surface area (Å²) in [4.78, 5) is 2.21. The number of ether oxygens (including phenoxy) is 1. The number of nitrogen functional groups attached to an aromatic ring is 1. The van der Waals surface area contributed by atoms with Crippen molar-refractivity contribution in [3.8, 4) is 0 Å². The minimum Gasteiger partial charge on any atom is -0.399 e. The predicted octanol–water partition coefficient (Wildman–Crippen LogP) is 1.09. The fourth-order valence-electron chi connectivity index (χ4n) is 2.88. The van der Waals surface area contributed by atoms with Crippen molar-refractivity contribution < 1.29 is 13.2 Å². The standard InChI is InChI=1S/C14H23N3O3S/c1-9-4-5-17(8-13(9)20-3)12-6-11(15)7-14(10(12)2)21(16,18)19/h6-7,9,13H,4-5,8,15H2,1-3H3,(H2,16,18,19). The number of anilines is 2. The third-order valence-electron chi connectivity index (χ3n) is 4.19. The van der Waals surface area contributed by atoms with Crippen molar-refractivity contribution in [2.45, 2.75) is 31.3 Å². The number of hydrogen-bond acceptors (Lipinski definition) is 5. The summed E-state index contributed by atoms with van der Waals surface area (Å²) in [6.45, 7) is 5.48. The van der Waals surface area contributed by atoms with Crippen LogP contribution in [0.2, 0.25) is 0 Å². The molecule has 118 valence electrons. The molecular weight excluding hydrogens is 290 g/mol. The second-order valence-corrected chi connectivity index (χ2v) is 7.22. The first-order chi connectivity index (χ1) is 9.74. The third-order valence-corrected chi connectivity index (χ3v) is 5.23. The molecule has 1 aliphatic rings. The molecule has 0 aliphatic carbocycles. The SMILES string of the molecule is COC1CN(c2cc(N)cc(S(N)(=O)=O)c2C)CCC1C. The van der Waals surface area contributed by atoms with Gasteiger partial charge < -0.3 is 15.4 Å². The maximum atomic E-state index is 11.7. The fourth-order valence-corrected chi connectivity index (χ4v) is 3.71. The van der Waals surface area contributed by atoms with Crippen LogP contribution in [0, 0.1) is 12.8 Å². The van der Waals surface area contributed by atoms with Crippen molar-refractivity contribution in [2.24, 2.45) is 11.1 Å². The Hall–Kier alpha value is -1.31. The van der Waals surface area contributed by atoms with Crippen LogP contribution in [0.3, 0.4) is 0 Å². The molecule has 21 heavy (non-hydrogen) atoms. The molecule has 0 radical (unpaired) electrons. The summed E-state index contributed by atoms with van der Waals surface area (Å²) in [7, 11) is -2.08. The smallest absolute Gasteiger partial charge is 0.238 e. The van der Waals surface area contributed by atoms with E-state index in [0.29, 0.717) is 23.7 Å². The van der Waals surface area contributed by atoms with Crippen LogP contribution in [-0.2, 0) is 14.8 Å². The van der Waals surface area contributed by atoms with Crippen molar-refractivity contribution >= 4 is 21.4 Å². The number of sulfonamides is 1. The van der Waals surface area contributed by atoms with Gasteiger partial charge in [-0.2, -0.15) is 0 Å². The highest BCUT2D eigenvalue weighted by molar-refractivity contribution is 7.89. The molecule has 0 spiro atoms. The van der Waals surface area contributed by atoms with Crippen LogP contribution in [0.15, 0.2) is 17.0 Å². The highest BCUT2D eigenvalue weighted by atomic mass is 32.2. The number of nitrogens with two attached hydrogens (primary N) is 2. The van der Waals surface area contributed by atoms with Gasteiger partial charge in [-0.3, -0.25) is 0 Å². The maximum Gasteiger partial charge on any atom is 0.238 e. The van der Waals surface area contributed by atoms with Gasteiger partial charge in [-0.05, 0) is 37.0 Å². The molecule has 2 rings (SSSR count). The normalized spacial score (nSPS) is 23.3. The molecule has 1 aromatic carbocycles. The van der Waals surface area contributed by atoms with E-state index >= 15 is 0 Å². The van der Waals surface area contributed by atoms with Gasteiger partial charge >= 0.3 is 0 Å². The molecule has 6 nitrogen and oxygen atoms in total. The zero-order valence-electron chi connectivity index (χ0n) is 12.7. The van der Waals surface area contributed by atoms with Gasteiger partial charge in [0.1, 0.15) is 0 Å². The van der Waals surface area contributed by atoms with Crippen LogP contribution < -0.4 is 15.8 Å². The van der Waals surface area contributed by atoms with Gasteiger partial charge in [0.2, 0.25) is 10.0 Å². The number of piperidine rings is 1. The average molecular weight is 313 g/mol. The lowest BCUT2D eigenvalue weighted by Gasteiger charge is -2.38. The summed E-state index contributed by atoms with van der Waals surface area (Å²) in [6.07, 6.45) is 1.11. The number of benzene rings is 1. The van der Waals surface area contributed by atoms with Gasteiger partial charge in [0.25, 0.3) is 0 Å². The monoisotopic (exact) mass is 313 g/mol. The summed E-state index contributed by atoms with van der Waals surface area (Å²) in [5.74, 6) is 0.477.